The second-order valence-electron chi connectivity index (χ2n) is 8.01. The van der Waals surface area contributed by atoms with E-state index in [1.54, 1.807) is 0 Å². The number of benzene rings is 2. The van der Waals surface area contributed by atoms with Crippen LogP contribution in [0.15, 0.2) is 42.5 Å². The molecule has 0 unspecified atom stereocenters. The van der Waals surface area contributed by atoms with Crippen molar-refractivity contribution in [1.82, 2.24) is 5.32 Å². The summed E-state index contributed by atoms with van der Waals surface area (Å²) < 4.78 is 106. The minimum absolute atomic E-state index is 0.217. The van der Waals surface area contributed by atoms with Gasteiger partial charge in [0.05, 0.1) is 13.2 Å². The van der Waals surface area contributed by atoms with Gasteiger partial charge < -0.3 is 25.2 Å². The van der Waals surface area contributed by atoms with E-state index in [2.05, 4.69) is 9.47 Å². The molecular formula is C24H23F7N2O6. The SMILES string of the molecule is CCOC(=O)[C@@](NC(=O)Nc1ccc([C@@](O)(C(=O)OCC)C(F)(F)F)cc1C)(c1ccc(F)cc1)C(F)(F)F. The average molecular weight is 568 g/mol. The number of urea groups is 1. The normalized spacial score (nSPS) is 14.9. The molecule has 0 saturated heterocycles. The number of carbonyl (C=O) groups excluding carboxylic acids is 3. The number of rotatable bonds is 8. The summed E-state index contributed by atoms with van der Waals surface area (Å²) in [4.78, 5) is 37.2. The summed E-state index contributed by atoms with van der Waals surface area (Å²) in [5.74, 6) is -4.88. The van der Waals surface area contributed by atoms with Gasteiger partial charge >= 0.3 is 30.3 Å². The first-order chi connectivity index (χ1) is 17.9. The number of aryl methyl sites for hydroxylation is 1. The first-order valence-corrected chi connectivity index (χ1v) is 11.1. The molecule has 0 fully saturated rings. The first-order valence-electron chi connectivity index (χ1n) is 11.1. The first kappa shape index (κ1) is 31.3. The van der Waals surface area contributed by atoms with Crippen LogP contribution in [0.4, 0.5) is 41.2 Å². The Balaban J connectivity index is 2.50. The Bertz CT molecular complexity index is 1220. The van der Waals surface area contributed by atoms with E-state index in [4.69, 9.17) is 0 Å². The molecule has 39 heavy (non-hydrogen) atoms. The van der Waals surface area contributed by atoms with Crippen molar-refractivity contribution in [3.8, 4) is 0 Å². The highest BCUT2D eigenvalue weighted by Crippen LogP contribution is 2.42. The number of amides is 2. The molecule has 0 aromatic heterocycles. The third-order valence-electron chi connectivity index (χ3n) is 5.46. The van der Waals surface area contributed by atoms with Crippen LogP contribution in [0, 0.1) is 12.7 Å². The van der Waals surface area contributed by atoms with E-state index in [0.717, 1.165) is 13.0 Å². The van der Waals surface area contributed by atoms with Gasteiger partial charge in [-0.25, -0.2) is 18.8 Å². The number of aliphatic hydroxyl groups is 1. The van der Waals surface area contributed by atoms with Crippen molar-refractivity contribution < 1.29 is 59.7 Å². The van der Waals surface area contributed by atoms with Gasteiger partial charge in [-0.1, -0.05) is 24.3 Å². The summed E-state index contributed by atoms with van der Waals surface area (Å²) in [6.07, 6.45) is -11.0. The van der Waals surface area contributed by atoms with Crippen LogP contribution in [0.5, 0.6) is 0 Å². The fraction of sp³-hybridized carbons (Fsp3) is 0.375. The lowest BCUT2D eigenvalue weighted by Gasteiger charge is -2.34. The Morgan fingerprint density at radius 2 is 1.33 bits per heavy atom. The molecule has 0 aliphatic rings. The fourth-order valence-electron chi connectivity index (χ4n) is 3.52. The van der Waals surface area contributed by atoms with Gasteiger partial charge in [-0.15, -0.1) is 0 Å². The van der Waals surface area contributed by atoms with E-state index in [9.17, 15) is 50.2 Å². The van der Waals surface area contributed by atoms with Crippen LogP contribution in [0.1, 0.15) is 30.5 Å². The predicted octanol–water partition coefficient (Wildman–Crippen LogP) is 4.59. The molecule has 0 heterocycles. The second kappa shape index (κ2) is 11.5. The Labute approximate surface area is 217 Å². The maximum Gasteiger partial charge on any atom is 0.432 e. The van der Waals surface area contributed by atoms with Crippen LogP contribution in [0.25, 0.3) is 0 Å². The highest BCUT2D eigenvalue weighted by molar-refractivity contribution is 5.96. The zero-order valence-corrected chi connectivity index (χ0v) is 20.6. The molecule has 0 aliphatic carbocycles. The molecule has 2 aromatic rings. The summed E-state index contributed by atoms with van der Waals surface area (Å²) in [5.41, 5.74) is -10.3. The number of hydrogen-bond acceptors (Lipinski definition) is 6. The van der Waals surface area contributed by atoms with Gasteiger partial charge in [-0.3, -0.25) is 0 Å². The molecule has 214 valence electrons. The fourth-order valence-corrected chi connectivity index (χ4v) is 3.52. The van der Waals surface area contributed by atoms with Gasteiger partial charge in [-0.2, -0.15) is 26.3 Å². The Morgan fingerprint density at radius 3 is 1.79 bits per heavy atom. The minimum Gasteiger partial charge on any atom is -0.464 e. The number of anilines is 1. The zero-order valence-electron chi connectivity index (χ0n) is 20.6. The van der Waals surface area contributed by atoms with Crippen LogP contribution in [-0.2, 0) is 30.2 Å². The topological polar surface area (TPSA) is 114 Å². The number of halogens is 7. The van der Waals surface area contributed by atoms with Crippen LogP contribution in [-0.4, -0.2) is 48.6 Å². The van der Waals surface area contributed by atoms with Crippen LogP contribution in [0.3, 0.4) is 0 Å². The highest BCUT2D eigenvalue weighted by atomic mass is 19.4. The van der Waals surface area contributed by atoms with Crippen molar-refractivity contribution in [2.45, 2.75) is 44.3 Å². The second-order valence-corrected chi connectivity index (χ2v) is 8.01. The number of ether oxygens (including phenoxy) is 2. The van der Waals surface area contributed by atoms with Gasteiger partial charge in [0.2, 0.25) is 0 Å². The van der Waals surface area contributed by atoms with Gasteiger partial charge in [-0.05, 0) is 50.1 Å². The third-order valence-corrected chi connectivity index (χ3v) is 5.46. The Kier molecular flexibility index (Phi) is 9.22. The van der Waals surface area contributed by atoms with E-state index in [1.165, 1.54) is 19.2 Å². The van der Waals surface area contributed by atoms with Crippen LogP contribution < -0.4 is 10.6 Å². The minimum atomic E-state index is -5.51. The van der Waals surface area contributed by atoms with Crippen molar-refractivity contribution in [3.05, 3.63) is 65.0 Å². The maximum atomic E-state index is 14.3. The number of esters is 2. The quantitative estimate of drug-likeness (QED) is 0.317. The molecule has 0 radical (unpaired) electrons. The molecule has 2 amide bonds. The van der Waals surface area contributed by atoms with E-state index < -0.39 is 71.6 Å². The molecule has 0 saturated carbocycles. The molecule has 0 bridgehead atoms. The molecule has 15 heteroatoms. The summed E-state index contributed by atoms with van der Waals surface area (Å²) in [6, 6.07) is 2.92. The maximum absolute atomic E-state index is 14.3. The zero-order chi connectivity index (χ0) is 29.8. The third kappa shape index (κ3) is 6.08. The molecule has 2 rings (SSSR count). The van der Waals surface area contributed by atoms with Gasteiger partial charge in [0, 0.05) is 11.3 Å². The Morgan fingerprint density at radius 1 is 0.821 bits per heavy atom. The summed E-state index contributed by atoms with van der Waals surface area (Å²) >= 11 is 0. The molecular weight excluding hydrogens is 545 g/mol. The lowest BCUT2D eigenvalue weighted by molar-refractivity contribution is -0.267. The van der Waals surface area contributed by atoms with Crippen molar-refractivity contribution in [1.29, 1.82) is 0 Å². The number of carbonyl (C=O) groups is 3. The van der Waals surface area contributed by atoms with E-state index >= 15 is 0 Å². The lowest BCUT2D eigenvalue weighted by Crippen LogP contribution is -2.62. The van der Waals surface area contributed by atoms with Crippen molar-refractivity contribution in [2.24, 2.45) is 0 Å². The van der Waals surface area contributed by atoms with E-state index in [1.807, 2.05) is 5.32 Å². The molecule has 3 N–H and O–H groups in total. The monoisotopic (exact) mass is 568 g/mol. The highest BCUT2D eigenvalue weighted by Gasteiger charge is 2.64. The molecule has 0 spiro atoms. The van der Waals surface area contributed by atoms with Gasteiger partial charge in [0.25, 0.3) is 11.1 Å². The lowest BCUT2D eigenvalue weighted by atomic mass is 9.89. The summed E-state index contributed by atoms with van der Waals surface area (Å²) in [7, 11) is 0. The van der Waals surface area contributed by atoms with Crippen LogP contribution in [0.2, 0.25) is 0 Å². The van der Waals surface area contributed by atoms with E-state index in [0.29, 0.717) is 36.4 Å². The largest absolute Gasteiger partial charge is 0.464 e. The van der Waals surface area contributed by atoms with Gasteiger partial charge in [0.1, 0.15) is 5.82 Å². The Hall–Kier alpha value is -3.88. The van der Waals surface area contributed by atoms with Crippen LogP contribution >= 0.6 is 0 Å². The molecule has 0 aliphatic heterocycles. The summed E-state index contributed by atoms with van der Waals surface area (Å²) in [5, 5.41) is 13.7. The average Bonchev–Trinajstić information content (AvgIpc) is 2.82. The smallest absolute Gasteiger partial charge is 0.432 e. The van der Waals surface area contributed by atoms with Crippen molar-refractivity contribution in [3.63, 3.8) is 0 Å². The number of hydrogen-bond donors (Lipinski definition) is 3. The number of alkyl halides is 6. The van der Waals surface area contributed by atoms with Crippen molar-refractivity contribution in [2.75, 3.05) is 18.5 Å². The molecule has 2 atom stereocenters. The van der Waals surface area contributed by atoms with Crippen molar-refractivity contribution >= 4 is 23.7 Å². The molecule has 8 nitrogen and oxygen atoms in total. The molecule has 2 aromatic carbocycles. The standard InChI is InChI=1S/C24H23F7N2O6/c1-4-38-18(34)21(23(26,27)28,14-6-9-16(25)10-7-14)33-20(36)32-17-11-8-15(12-13(17)3)22(37,24(29,30)31)19(35)39-5-2/h6-12,37H,4-5H2,1-3H3,(H2,32,33,36)/t21-,22+/m0/s1. The predicted molar refractivity (Wildman–Crippen MR) is 121 cm³/mol. The number of nitrogens with one attached hydrogen (secondary N) is 2. The van der Waals surface area contributed by atoms with E-state index in [-0.39, 0.29) is 11.3 Å². The van der Waals surface area contributed by atoms with Gasteiger partial charge in [0.15, 0.2) is 0 Å². The summed E-state index contributed by atoms with van der Waals surface area (Å²) in [6.45, 7) is 2.57.